The summed E-state index contributed by atoms with van der Waals surface area (Å²) in [5.41, 5.74) is 0. The van der Waals surface area contributed by atoms with E-state index in [0.717, 1.165) is 0 Å². The van der Waals surface area contributed by atoms with Gasteiger partial charge in [-0.1, -0.05) is 0 Å². The average Bonchev–Trinajstić information content (AvgIpc) is 2.43. The number of aliphatic carboxylic acids is 6. The van der Waals surface area contributed by atoms with E-state index in [9.17, 15) is 28.8 Å². The quantitative estimate of drug-likeness (QED) is 0.243. The largest absolute Gasteiger partial charge is 0.481 e. The summed E-state index contributed by atoms with van der Waals surface area (Å²) < 4.78 is 0. The molecule has 0 amide bonds. The molecule has 0 spiro atoms. The summed E-state index contributed by atoms with van der Waals surface area (Å²) in [6.07, 6.45) is -2.02. The maximum Gasteiger partial charge on any atom is 0.333 e. The predicted octanol–water partition coefficient (Wildman–Crippen LogP) is -1.45. The van der Waals surface area contributed by atoms with E-state index in [1.165, 1.54) is 0 Å². The van der Waals surface area contributed by atoms with Crippen molar-refractivity contribution >= 4 is 35.8 Å². The molecular weight excluding hydrogens is 352 g/mol. The smallest absolute Gasteiger partial charge is 0.333 e. The Kier molecular flexibility index (Phi) is 16.3. The molecule has 1 atom stereocenters. The predicted molar refractivity (Wildman–Crippen MR) is 74.8 cm³/mol. The van der Waals surface area contributed by atoms with Crippen molar-refractivity contribution in [1.82, 2.24) is 0 Å². The summed E-state index contributed by atoms with van der Waals surface area (Å²) in [6.45, 7) is 0. The minimum atomic E-state index is -1.79. The summed E-state index contributed by atoms with van der Waals surface area (Å²) in [6, 6.07) is 0. The molecule has 13 nitrogen and oxygen atoms in total. The molecule has 0 aromatic heterocycles. The molecule has 0 saturated heterocycles. The minimum Gasteiger partial charge on any atom is -0.481 e. The van der Waals surface area contributed by atoms with Gasteiger partial charge in [-0.3, -0.25) is 14.4 Å². The van der Waals surface area contributed by atoms with E-state index in [1.54, 1.807) is 0 Å². The molecule has 0 aromatic rings. The van der Waals surface area contributed by atoms with E-state index in [4.69, 9.17) is 35.7 Å². The second-order valence-corrected chi connectivity index (χ2v) is 3.75. The van der Waals surface area contributed by atoms with Gasteiger partial charge in [0.2, 0.25) is 0 Å². The zero-order valence-corrected chi connectivity index (χ0v) is 12.4. The second kappa shape index (κ2) is 15.4. The van der Waals surface area contributed by atoms with Crippen LogP contribution in [0.1, 0.15) is 19.3 Å². The lowest BCUT2D eigenvalue weighted by Gasteiger charge is -1.97. The fourth-order valence-electron chi connectivity index (χ4n) is 0.609. The van der Waals surface area contributed by atoms with E-state index in [0.29, 0.717) is 12.2 Å². The van der Waals surface area contributed by atoms with Crippen LogP contribution in [0.2, 0.25) is 0 Å². The van der Waals surface area contributed by atoms with Crippen LogP contribution >= 0.6 is 0 Å². The van der Waals surface area contributed by atoms with Gasteiger partial charge in [-0.2, -0.15) is 0 Å². The lowest BCUT2D eigenvalue weighted by Crippen LogP contribution is -2.22. The fourth-order valence-corrected chi connectivity index (χ4v) is 0.609. The number of aliphatic hydroxyl groups is 1. The zero-order valence-electron chi connectivity index (χ0n) is 12.4. The summed E-state index contributed by atoms with van der Waals surface area (Å²) in [4.78, 5) is 57.8. The first-order valence-corrected chi connectivity index (χ1v) is 5.99. The van der Waals surface area contributed by atoms with E-state index in [2.05, 4.69) is 0 Å². The standard InChI is InChI=1S/C4H6O5.C4H6O4.C4H4O4/c5-2(4(8)9)1-3(6)7;2*5-3(6)1-2-4(7)8/h2,5H,1H2,(H,6,7)(H,8,9);1-2H2,(H,5,6)(H,7,8);1-2H,(H,5,6)(H,7,8)/b;;2-1-. The summed E-state index contributed by atoms with van der Waals surface area (Å²) in [5.74, 6) is -7.51. The Hall–Kier alpha value is -3.48. The Balaban J connectivity index is -0.000000291. The molecule has 13 heteroatoms. The lowest BCUT2D eigenvalue weighted by molar-refractivity contribution is -0.152. The number of rotatable bonds is 8. The molecule has 0 saturated carbocycles. The van der Waals surface area contributed by atoms with Gasteiger partial charge in [-0.05, 0) is 0 Å². The van der Waals surface area contributed by atoms with Crippen molar-refractivity contribution in [3.63, 3.8) is 0 Å². The third-order valence-corrected chi connectivity index (χ3v) is 1.57. The molecule has 1 unspecified atom stereocenters. The van der Waals surface area contributed by atoms with E-state index < -0.39 is 48.3 Å². The van der Waals surface area contributed by atoms with Crippen LogP contribution in [0.4, 0.5) is 0 Å². The van der Waals surface area contributed by atoms with Gasteiger partial charge >= 0.3 is 35.8 Å². The minimum absolute atomic E-state index is 0.296. The molecule has 0 heterocycles. The van der Waals surface area contributed by atoms with Crippen LogP contribution in [0.3, 0.4) is 0 Å². The van der Waals surface area contributed by atoms with Crippen LogP contribution in [0, 0.1) is 0 Å². The highest BCUT2D eigenvalue weighted by molar-refractivity contribution is 5.89. The second-order valence-electron chi connectivity index (χ2n) is 3.75. The Morgan fingerprint density at radius 3 is 1.08 bits per heavy atom. The monoisotopic (exact) mass is 368 g/mol. The van der Waals surface area contributed by atoms with Crippen LogP contribution in [-0.2, 0) is 28.8 Å². The van der Waals surface area contributed by atoms with E-state index in [1.807, 2.05) is 0 Å². The molecule has 0 aromatic carbocycles. The number of carboxylic acid groups (broad SMARTS) is 6. The molecule has 0 aliphatic rings. The molecule has 142 valence electrons. The number of hydrogen-bond acceptors (Lipinski definition) is 7. The molecule has 0 fully saturated rings. The lowest BCUT2D eigenvalue weighted by atomic mass is 10.3. The van der Waals surface area contributed by atoms with Crippen LogP contribution < -0.4 is 0 Å². The SMILES string of the molecule is O=C(O)/C=C\C(=O)O.O=C(O)CC(O)C(=O)O.O=C(O)CCC(=O)O. The third-order valence-electron chi connectivity index (χ3n) is 1.57. The molecule has 7 N–H and O–H groups in total. The van der Waals surface area contributed by atoms with Crippen molar-refractivity contribution in [3.05, 3.63) is 12.2 Å². The first kappa shape index (κ1) is 26.4. The first-order chi connectivity index (χ1) is 11.3. The summed E-state index contributed by atoms with van der Waals surface area (Å²) in [5, 5.41) is 55.6. The molecule has 0 rings (SSSR count). The summed E-state index contributed by atoms with van der Waals surface area (Å²) in [7, 11) is 0. The highest BCUT2D eigenvalue weighted by atomic mass is 16.4. The van der Waals surface area contributed by atoms with Gasteiger partial charge in [0.05, 0.1) is 19.3 Å². The van der Waals surface area contributed by atoms with Gasteiger partial charge in [0.15, 0.2) is 6.10 Å². The summed E-state index contributed by atoms with van der Waals surface area (Å²) >= 11 is 0. The van der Waals surface area contributed by atoms with Gasteiger partial charge in [0.1, 0.15) is 0 Å². The van der Waals surface area contributed by atoms with Gasteiger partial charge in [-0.15, -0.1) is 0 Å². The van der Waals surface area contributed by atoms with Gasteiger partial charge < -0.3 is 35.7 Å². The molecule has 0 aliphatic heterocycles. The van der Waals surface area contributed by atoms with Crippen molar-refractivity contribution in [2.24, 2.45) is 0 Å². The molecule has 0 bridgehead atoms. The molecular formula is C12H16O13. The van der Waals surface area contributed by atoms with Gasteiger partial charge in [0.25, 0.3) is 0 Å². The van der Waals surface area contributed by atoms with Crippen molar-refractivity contribution in [2.45, 2.75) is 25.4 Å². The Morgan fingerprint density at radius 1 is 0.640 bits per heavy atom. The number of carboxylic acids is 6. The Morgan fingerprint density at radius 2 is 0.960 bits per heavy atom. The highest BCUT2D eigenvalue weighted by Gasteiger charge is 2.16. The third kappa shape index (κ3) is 33.4. The van der Waals surface area contributed by atoms with Gasteiger partial charge in [-0.25, -0.2) is 14.4 Å². The number of hydrogen-bond donors (Lipinski definition) is 7. The van der Waals surface area contributed by atoms with Crippen LogP contribution in [-0.4, -0.2) is 77.7 Å². The first-order valence-electron chi connectivity index (χ1n) is 5.99. The van der Waals surface area contributed by atoms with E-state index in [-0.39, 0.29) is 12.8 Å². The van der Waals surface area contributed by atoms with Crippen LogP contribution in [0.25, 0.3) is 0 Å². The zero-order chi connectivity index (χ0) is 20.6. The molecule has 25 heavy (non-hydrogen) atoms. The van der Waals surface area contributed by atoms with Crippen molar-refractivity contribution in [1.29, 1.82) is 0 Å². The fraction of sp³-hybridized carbons (Fsp3) is 0.333. The Labute approximate surface area is 139 Å². The number of carbonyl (C=O) groups is 6. The van der Waals surface area contributed by atoms with Crippen molar-refractivity contribution < 1.29 is 64.5 Å². The maximum absolute atomic E-state index is 9.72. The molecule has 0 radical (unpaired) electrons. The molecule has 0 aliphatic carbocycles. The Bertz CT molecular complexity index is 489. The highest BCUT2D eigenvalue weighted by Crippen LogP contribution is 1.89. The van der Waals surface area contributed by atoms with Gasteiger partial charge in [0, 0.05) is 12.2 Å². The number of aliphatic hydroxyl groups excluding tert-OH is 1. The van der Waals surface area contributed by atoms with Crippen LogP contribution in [0.5, 0.6) is 0 Å². The van der Waals surface area contributed by atoms with E-state index >= 15 is 0 Å². The topological polar surface area (TPSA) is 244 Å². The average molecular weight is 368 g/mol. The van der Waals surface area contributed by atoms with Crippen LogP contribution in [0.15, 0.2) is 12.2 Å². The van der Waals surface area contributed by atoms with Crippen molar-refractivity contribution in [2.75, 3.05) is 0 Å². The normalized spacial score (nSPS) is 10.3. The van der Waals surface area contributed by atoms with Crippen molar-refractivity contribution in [3.8, 4) is 0 Å². The maximum atomic E-state index is 9.72.